The van der Waals surface area contributed by atoms with Gasteiger partial charge in [0.15, 0.2) is 0 Å². The Morgan fingerprint density at radius 2 is 2.05 bits per heavy atom. The van der Waals surface area contributed by atoms with Crippen LogP contribution in [0, 0.1) is 12.3 Å². The number of nitrogens with one attached hydrogen (secondary N) is 1. The smallest absolute Gasteiger partial charge is 0.237 e. The number of hydrogen-bond donors (Lipinski definition) is 1. The lowest BCUT2D eigenvalue weighted by molar-refractivity contribution is 0.328. The Labute approximate surface area is 125 Å². The highest BCUT2D eigenvalue weighted by molar-refractivity contribution is 5.53. The van der Waals surface area contributed by atoms with Crippen LogP contribution < -0.4 is 14.8 Å². The normalized spacial score (nSPS) is 9.71. The van der Waals surface area contributed by atoms with Crippen LogP contribution in [0.4, 0.5) is 5.69 Å². The number of benzene rings is 1. The average molecular weight is 282 g/mol. The maximum absolute atomic E-state index is 5.53. The minimum absolute atomic E-state index is 0.258. The molecule has 108 valence electrons. The number of anilines is 1. The van der Waals surface area contributed by atoms with Crippen LogP contribution in [0.2, 0.25) is 0 Å². The van der Waals surface area contributed by atoms with Gasteiger partial charge in [0.05, 0.1) is 12.3 Å². The van der Waals surface area contributed by atoms with E-state index in [4.69, 9.17) is 15.9 Å². The van der Waals surface area contributed by atoms with Gasteiger partial charge < -0.3 is 14.8 Å². The second kappa shape index (κ2) is 7.81. The van der Waals surface area contributed by atoms with E-state index in [1.54, 1.807) is 6.20 Å². The fourth-order valence-electron chi connectivity index (χ4n) is 1.88. The van der Waals surface area contributed by atoms with E-state index in [0.29, 0.717) is 19.0 Å². The zero-order chi connectivity index (χ0) is 14.9. The highest BCUT2D eigenvalue weighted by atomic mass is 16.5. The molecule has 0 atom stereocenters. The molecule has 0 radical (unpaired) electrons. The molecule has 21 heavy (non-hydrogen) atoms. The molecule has 2 rings (SSSR count). The summed E-state index contributed by atoms with van der Waals surface area (Å²) in [4.78, 5) is 4.21. The molecule has 0 fully saturated rings. The zero-order valence-electron chi connectivity index (χ0n) is 12.0. The van der Waals surface area contributed by atoms with Gasteiger partial charge in [0, 0.05) is 18.3 Å². The quantitative estimate of drug-likeness (QED) is 0.792. The lowest BCUT2D eigenvalue weighted by atomic mass is 10.2. The predicted octanol–water partition coefficient (Wildman–Crippen LogP) is 3.10. The fraction of sp³-hybridized carbons (Fsp3) is 0.235. The van der Waals surface area contributed by atoms with Gasteiger partial charge in [-0.2, -0.15) is 0 Å². The van der Waals surface area contributed by atoms with Crippen molar-refractivity contribution in [3.8, 4) is 24.0 Å². The first-order chi connectivity index (χ1) is 10.3. The van der Waals surface area contributed by atoms with Crippen molar-refractivity contribution in [1.82, 2.24) is 4.98 Å². The van der Waals surface area contributed by atoms with E-state index < -0.39 is 0 Å². The Morgan fingerprint density at radius 3 is 2.86 bits per heavy atom. The highest BCUT2D eigenvalue weighted by Crippen LogP contribution is 2.24. The summed E-state index contributed by atoms with van der Waals surface area (Å²) in [6.45, 7) is 3.37. The molecule has 0 aliphatic rings. The molecular weight excluding hydrogens is 264 g/mol. The van der Waals surface area contributed by atoms with E-state index in [0.717, 1.165) is 17.0 Å². The molecule has 0 aliphatic carbocycles. The van der Waals surface area contributed by atoms with Crippen LogP contribution in [0.15, 0.2) is 42.6 Å². The molecular formula is C17H18N2O2. The van der Waals surface area contributed by atoms with Gasteiger partial charge in [-0.25, -0.2) is 4.98 Å². The number of aromatic nitrogens is 1. The highest BCUT2D eigenvalue weighted by Gasteiger charge is 2.06. The molecule has 2 aromatic rings. The van der Waals surface area contributed by atoms with E-state index in [2.05, 4.69) is 16.2 Å². The van der Waals surface area contributed by atoms with Gasteiger partial charge in [-0.05, 0) is 25.1 Å². The lowest BCUT2D eigenvalue weighted by Gasteiger charge is -2.13. The Hall–Kier alpha value is -2.67. The SMILES string of the molecule is C#CCOc1ccccc1CNc1cccnc1OCC. The second-order valence-electron chi connectivity index (χ2n) is 4.24. The molecule has 0 saturated heterocycles. The fourth-order valence-corrected chi connectivity index (χ4v) is 1.88. The molecule has 1 aromatic heterocycles. The third-order valence-corrected chi connectivity index (χ3v) is 2.81. The molecule has 1 N–H and O–H groups in total. The number of ether oxygens (including phenoxy) is 2. The number of hydrogen-bond acceptors (Lipinski definition) is 4. The topological polar surface area (TPSA) is 43.4 Å². The first-order valence-electron chi connectivity index (χ1n) is 6.81. The summed E-state index contributed by atoms with van der Waals surface area (Å²) < 4.78 is 11.0. The molecule has 0 amide bonds. The van der Waals surface area contributed by atoms with E-state index in [9.17, 15) is 0 Å². The van der Waals surface area contributed by atoms with Crippen LogP contribution in [-0.2, 0) is 6.54 Å². The zero-order valence-corrected chi connectivity index (χ0v) is 12.0. The molecule has 0 saturated carbocycles. The van der Waals surface area contributed by atoms with Gasteiger partial charge >= 0.3 is 0 Å². The Kier molecular flexibility index (Phi) is 5.48. The third kappa shape index (κ3) is 4.15. The van der Waals surface area contributed by atoms with Crippen LogP contribution in [0.3, 0.4) is 0 Å². The number of pyridine rings is 1. The first kappa shape index (κ1) is 14.7. The second-order valence-corrected chi connectivity index (χ2v) is 4.24. The molecule has 4 heteroatoms. The van der Waals surface area contributed by atoms with Crippen LogP contribution >= 0.6 is 0 Å². The summed E-state index contributed by atoms with van der Waals surface area (Å²) in [5, 5.41) is 3.31. The largest absolute Gasteiger partial charge is 0.481 e. The van der Waals surface area contributed by atoms with Crippen LogP contribution in [-0.4, -0.2) is 18.2 Å². The minimum Gasteiger partial charge on any atom is -0.481 e. The maximum atomic E-state index is 5.53. The molecule has 1 heterocycles. The van der Waals surface area contributed by atoms with Crippen molar-refractivity contribution in [2.45, 2.75) is 13.5 Å². The molecule has 4 nitrogen and oxygen atoms in total. The monoisotopic (exact) mass is 282 g/mol. The summed E-state index contributed by atoms with van der Waals surface area (Å²) >= 11 is 0. The van der Waals surface area contributed by atoms with Crippen molar-refractivity contribution >= 4 is 5.69 Å². The summed E-state index contributed by atoms with van der Waals surface area (Å²) in [6, 6.07) is 11.6. The summed E-state index contributed by atoms with van der Waals surface area (Å²) in [5.41, 5.74) is 1.88. The predicted molar refractivity (Wildman–Crippen MR) is 83.5 cm³/mol. The van der Waals surface area contributed by atoms with E-state index in [1.807, 2.05) is 43.3 Å². The van der Waals surface area contributed by atoms with E-state index in [-0.39, 0.29) is 6.61 Å². The Bertz CT molecular complexity index is 620. The molecule has 0 unspecified atom stereocenters. The van der Waals surface area contributed by atoms with Gasteiger partial charge in [-0.1, -0.05) is 24.1 Å². The summed E-state index contributed by atoms with van der Waals surface area (Å²) in [6.07, 6.45) is 6.94. The van der Waals surface area contributed by atoms with Crippen molar-refractivity contribution in [2.24, 2.45) is 0 Å². The van der Waals surface area contributed by atoms with Gasteiger partial charge in [-0.15, -0.1) is 6.42 Å². The molecule has 0 spiro atoms. The Morgan fingerprint density at radius 1 is 1.19 bits per heavy atom. The summed E-state index contributed by atoms with van der Waals surface area (Å²) in [7, 11) is 0. The average Bonchev–Trinajstić information content (AvgIpc) is 2.53. The van der Waals surface area contributed by atoms with E-state index in [1.165, 1.54) is 0 Å². The molecule has 0 bridgehead atoms. The van der Waals surface area contributed by atoms with Gasteiger partial charge in [-0.3, -0.25) is 0 Å². The van der Waals surface area contributed by atoms with Crippen LogP contribution in [0.25, 0.3) is 0 Å². The van der Waals surface area contributed by atoms with Crippen LogP contribution in [0.5, 0.6) is 11.6 Å². The van der Waals surface area contributed by atoms with Crippen molar-refractivity contribution in [3.05, 3.63) is 48.2 Å². The number of terminal acetylenes is 1. The van der Waals surface area contributed by atoms with Crippen molar-refractivity contribution in [3.63, 3.8) is 0 Å². The third-order valence-electron chi connectivity index (χ3n) is 2.81. The molecule has 1 aromatic carbocycles. The number of rotatable bonds is 7. The number of para-hydroxylation sites is 1. The summed E-state index contributed by atoms with van der Waals surface area (Å²) in [5.74, 6) is 3.85. The van der Waals surface area contributed by atoms with Gasteiger partial charge in [0.2, 0.25) is 5.88 Å². The van der Waals surface area contributed by atoms with Gasteiger partial charge in [0.25, 0.3) is 0 Å². The van der Waals surface area contributed by atoms with Crippen molar-refractivity contribution in [2.75, 3.05) is 18.5 Å². The lowest BCUT2D eigenvalue weighted by Crippen LogP contribution is -2.06. The van der Waals surface area contributed by atoms with E-state index >= 15 is 0 Å². The molecule has 0 aliphatic heterocycles. The van der Waals surface area contributed by atoms with Crippen molar-refractivity contribution < 1.29 is 9.47 Å². The minimum atomic E-state index is 0.258. The maximum Gasteiger partial charge on any atom is 0.237 e. The Balaban J connectivity index is 2.08. The number of nitrogens with zero attached hydrogens (tertiary/aromatic N) is 1. The van der Waals surface area contributed by atoms with Crippen molar-refractivity contribution in [1.29, 1.82) is 0 Å². The standard InChI is InChI=1S/C17H18N2O2/c1-3-12-21-16-10-6-5-8-14(16)13-19-15-9-7-11-18-17(15)20-4-2/h1,5-11,19H,4,12-13H2,2H3. The first-order valence-corrected chi connectivity index (χ1v) is 6.81. The van der Waals surface area contributed by atoms with Gasteiger partial charge in [0.1, 0.15) is 12.4 Å². The van der Waals surface area contributed by atoms with Crippen LogP contribution in [0.1, 0.15) is 12.5 Å².